The lowest BCUT2D eigenvalue weighted by Gasteiger charge is -2.37. The Morgan fingerprint density at radius 1 is 0.815 bits per heavy atom. The zero-order valence-corrected chi connectivity index (χ0v) is 31.5. The molecule has 7 rings (SSSR count). The maximum absolute atomic E-state index is 13.5. The zero-order chi connectivity index (χ0) is 37.5. The van der Waals surface area contributed by atoms with Crippen LogP contribution in [0, 0.1) is 0 Å². The molecule has 0 aliphatic carbocycles. The van der Waals surface area contributed by atoms with E-state index in [1.54, 1.807) is 26.0 Å². The Morgan fingerprint density at radius 2 is 1.43 bits per heavy atom. The summed E-state index contributed by atoms with van der Waals surface area (Å²) in [6.07, 6.45) is 4.49. The summed E-state index contributed by atoms with van der Waals surface area (Å²) in [6.45, 7) is 0.219. The molecule has 0 saturated carbocycles. The van der Waals surface area contributed by atoms with E-state index in [0.717, 1.165) is 49.7 Å². The summed E-state index contributed by atoms with van der Waals surface area (Å²) >= 11 is 1.76. The predicted molar refractivity (Wildman–Crippen MR) is 215 cm³/mol. The Morgan fingerprint density at radius 3 is 2.07 bits per heavy atom. The number of amides is 1. The average molecular weight is 739 g/mol. The molecule has 0 fully saturated rings. The molecule has 1 amide bonds. The van der Waals surface area contributed by atoms with Gasteiger partial charge in [0.1, 0.15) is 17.1 Å². The van der Waals surface area contributed by atoms with E-state index in [4.69, 9.17) is 14.2 Å². The molecule has 9 heteroatoms. The Balaban J connectivity index is 1.09. The second-order valence-electron chi connectivity index (χ2n) is 13.1. The van der Waals surface area contributed by atoms with Crippen molar-refractivity contribution in [1.29, 1.82) is 0 Å². The van der Waals surface area contributed by atoms with Crippen LogP contribution in [0.4, 0.5) is 5.69 Å². The van der Waals surface area contributed by atoms with Crippen LogP contribution in [0.15, 0.2) is 150 Å². The predicted octanol–water partition coefficient (Wildman–Crippen LogP) is 7.56. The molecule has 1 atom stereocenters. The molecule has 2 heterocycles. The molecule has 6 aromatic rings. The molecule has 8 nitrogen and oxygen atoms in total. The monoisotopic (exact) mass is 738 g/mol. The van der Waals surface area contributed by atoms with Crippen LogP contribution in [0.5, 0.6) is 11.5 Å². The number of nitrogens with one attached hydrogen (secondary N) is 1. The largest absolute Gasteiger partial charge is 0.497 e. The maximum atomic E-state index is 13.5. The minimum absolute atomic E-state index is 0.0466. The molecule has 1 aromatic heterocycles. The van der Waals surface area contributed by atoms with Gasteiger partial charge in [0.25, 0.3) is 0 Å². The third-order valence-corrected chi connectivity index (χ3v) is 11.0. The standard InChI is InChI=1S/C45H43N3O5S/c1-47-41-15-9-10-16-42(41)54-44(47)29-32-25-27-48(40-14-8-7-13-39(32)40)28-26-43(50)46-36(30-49)31-53-45(33-11-5-4-6-12-33,34-17-21-37(51-2)22-18-34)35-19-23-38(52-3)24-20-35/h4-25,27,29,36,49H,26,28,30-31H2,1-3H3/p+1/t36-/m1/s1. The molecule has 54 heavy (non-hydrogen) atoms. The summed E-state index contributed by atoms with van der Waals surface area (Å²) in [4.78, 5) is 17.0. The van der Waals surface area contributed by atoms with Gasteiger partial charge in [-0.2, -0.15) is 4.57 Å². The highest BCUT2D eigenvalue weighted by atomic mass is 32.2. The SMILES string of the molecule is COc1ccc(C(OC[C@@H](CO)NC(=O)CC[n+]2ccc(C=C3Sc4ccccc4N3C)c3ccccc32)(c2ccccc2)c2ccc(OC)cc2)cc1. The summed E-state index contributed by atoms with van der Waals surface area (Å²) in [7, 11) is 5.37. The number of methoxy groups -OCH3 is 2. The number of benzene rings is 5. The number of anilines is 1. The Labute approximate surface area is 320 Å². The number of rotatable bonds is 14. The summed E-state index contributed by atoms with van der Waals surface area (Å²) in [5.41, 5.74) is 4.92. The lowest BCUT2D eigenvalue weighted by molar-refractivity contribution is -0.670. The number of aromatic nitrogens is 1. The number of carbonyl (C=O) groups is 1. The summed E-state index contributed by atoms with van der Waals surface area (Å²) < 4.78 is 20.0. The average Bonchev–Trinajstić information content (AvgIpc) is 3.55. The number of aliphatic hydroxyl groups is 1. The fourth-order valence-corrected chi connectivity index (χ4v) is 8.07. The van der Waals surface area contributed by atoms with Gasteiger partial charge >= 0.3 is 0 Å². The smallest absolute Gasteiger partial charge is 0.226 e. The van der Waals surface area contributed by atoms with E-state index in [-0.39, 0.29) is 25.5 Å². The number of nitrogens with zero attached hydrogens (tertiary/aromatic N) is 2. The van der Waals surface area contributed by atoms with Gasteiger partial charge in [-0.05, 0) is 70.8 Å². The number of hydrogen-bond donors (Lipinski definition) is 2. The molecule has 2 N–H and O–H groups in total. The highest BCUT2D eigenvalue weighted by Gasteiger charge is 2.38. The number of aliphatic hydroxyl groups excluding tert-OH is 1. The zero-order valence-electron chi connectivity index (χ0n) is 30.6. The second-order valence-corrected chi connectivity index (χ2v) is 14.2. The van der Waals surface area contributed by atoms with Crippen LogP contribution in [0.25, 0.3) is 17.0 Å². The number of fused-ring (bicyclic) bond motifs is 2. The van der Waals surface area contributed by atoms with Crippen molar-refractivity contribution in [2.45, 2.75) is 29.5 Å². The summed E-state index contributed by atoms with van der Waals surface area (Å²) in [6, 6.07) is 43.6. The number of para-hydroxylation sites is 2. The van der Waals surface area contributed by atoms with Gasteiger partial charge in [-0.15, -0.1) is 0 Å². The van der Waals surface area contributed by atoms with E-state index in [2.05, 4.69) is 70.4 Å². The maximum Gasteiger partial charge on any atom is 0.226 e. The summed E-state index contributed by atoms with van der Waals surface area (Å²) in [5.74, 6) is 1.26. The Kier molecular flexibility index (Phi) is 11.3. The summed E-state index contributed by atoms with van der Waals surface area (Å²) in [5, 5.41) is 15.8. The number of carbonyl (C=O) groups excluding carboxylic acids is 1. The van der Waals surface area contributed by atoms with Gasteiger partial charge in [0.2, 0.25) is 11.4 Å². The van der Waals surface area contributed by atoms with Gasteiger partial charge in [0.05, 0.1) is 56.0 Å². The minimum Gasteiger partial charge on any atom is -0.497 e. The molecular weight excluding hydrogens is 695 g/mol. The number of aryl methyl sites for hydroxylation is 1. The van der Waals surface area contributed by atoms with E-state index in [1.165, 1.54) is 10.6 Å². The van der Waals surface area contributed by atoms with Crippen molar-refractivity contribution >= 4 is 40.3 Å². The highest BCUT2D eigenvalue weighted by molar-refractivity contribution is 8.03. The highest BCUT2D eigenvalue weighted by Crippen LogP contribution is 2.46. The number of ether oxygens (including phenoxy) is 3. The van der Waals surface area contributed by atoms with E-state index in [1.807, 2.05) is 97.2 Å². The van der Waals surface area contributed by atoms with Crippen LogP contribution in [0.1, 0.15) is 28.7 Å². The molecule has 0 spiro atoms. The van der Waals surface area contributed by atoms with Crippen molar-refractivity contribution in [2.75, 3.05) is 39.4 Å². The number of hydrogen-bond acceptors (Lipinski definition) is 7. The van der Waals surface area contributed by atoms with E-state index in [9.17, 15) is 9.90 Å². The van der Waals surface area contributed by atoms with Crippen LogP contribution in [0.3, 0.4) is 0 Å². The third-order valence-electron chi connectivity index (χ3n) is 9.85. The van der Waals surface area contributed by atoms with Crippen molar-refractivity contribution in [3.63, 3.8) is 0 Å². The number of thioether (sulfide) groups is 1. The van der Waals surface area contributed by atoms with Gasteiger partial charge in [-0.1, -0.05) is 90.6 Å². The topological polar surface area (TPSA) is 84.1 Å². The van der Waals surface area contributed by atoms with E-state index in [0.29, 0.717) is 6.54 Å². The van der Waals surface area contributed by atoms with Gasteiger partial charge in [0, 0.05) is 24.1 Å². The van der Waals surface area contributed by atoms with Gasteiger partial charge in [-0.3, -0.25) is 4.79 Å². The first kappa shape index (κ1) is 36.7. The van der Waals surface area contributed by atoms with Crippen LogP contribution in [-0.4, -0.2) is 51.5 Å². The minimum atomic E-state index is -1.07. The molecule has 274 valence electrons. The van der Waals surface area contributed by atoms with Gasteiger partial charge in [-0.25, -0.2) is 0 Å². The lowest BCUT2D eigenvalue weighted by Crippen LogP contribution is -2.45. The Hall–Kier alpha value is -5.61. The van der Waals surface area contributed by atoms with Crippen LogP contribution in [-0.2, 0) is 21.7 Å². The molecule has 0 unspecified atom stereocenters. The van der Waals surface area contributed by atoms with Gasteiger partial charge < -0.3 is 29.5 Å². The van der Waals surface area contributed by atoms with Crippen molar-refractivity contribution in [3.8, 4) is 11.5 Å². The second kappa shape index (κ2) is 16.6. The lowest BCUT2D eigenvalue weighted by atomic mass is 9.80. The molecule has 1 aliphatic heterocycles. The third kappa shape index (κ3) is 7.57. The fraction of sp³-hybridized carbons (Fsp3) is 0.200. The van der Waals surface area contributed by atoms with Crippen LogP contribution in [0.2, 0.25) is 0 Å². The van der Waals surface area contributed by atoms with Crippen molar-refractivity contribution in [2.24, 2.45) is 0 Å². The van der Waals surface area contributed by atoms with Crippen molar-refractivity contribution < 1.29 is 28.7 Å². The molecule has 1 aliphatic rings. The molecule has 5 aromatic carbocycles. The van der Waals surface area contributed by atoms with Crippen molar-refractivity contribution in [3.05, 3.63) is 167 Å². The number of pyridine rings is 1. The van der Waals surface area contributed by atoms with E-state index < -0.39 is 11.6 Å². The molecular formula is C45H44N3O5S+. The van der Waals surface area contributed by atoms with E-state index >= 15 is 0 Å². The normalized spacial score (nSPS) is 13.9. The van der Waals surface area contributed by atoms with Crippen LogP contribution >= 0.6 is 11.8 Å². The first-order valence-electron chi connectivity index (χ1n) is 18.0. The fourth-order valence-electron chi connectivity index (χ4n) is 6.97. The first-order chi connectivity index (χ1) is 26.4. The van der Waals surface area contributed by atoms with Crippen molar-refractivity contribution in [1.82, 2.24) is 5.32 Å². The molecule has 0 saturated heterocycles. The Bertz CT molecular complexity index is 2200. The van der Waals surface area contributed by atoms with Crippen LogP contribution < -0.4 is 24.3 Å². The first-order valence-corrected chi connectivity index (χ1v) is 18.8. The quantitative estimate of drug-likeness (QED) is 0.0882. The molecule has 0 bridgehead atoms. The molecule has 0 radical (unpaired) electrons. The van der Waals surface area contributed by atoms with Gasteiger partial charge in [0.15, 0.2) is 12.7 Å².